The topological polar surface area (TPSA) is 40.5 Å². The smallest absolute Gasteiger partial charge is 0.328 e. The second-order valence-electron chi connectivity index (χ2n) is 3.22. The fourth-order valence-corrected chi connectivity index (χ4v) is 0.424. The van der Waals surface area contributed by atoms with Crippen molar-refractivity contribution in [1.29, 1.82) is 0 Å². The molecule has 0 aromatic carbocycles. The van der Waals surface area contributed by atoms with Crippen LogP contribution in [0.2, 0.25) is 0 Å². The van der Waals surface area contributed by atoms with Gasteiger partial charge in [0.05, 0.1) is 0 Å². The molecule has 0 aliphatic rings. The van der Waals surface area contributed by atoms with Gasteiger partial charge < -0.3 is 10.0 Å². The SMILES string of the molecule is CN(C)C(C)(C)C=CC(=O)O. The molecule has 0 saturated carbocycles. The molecule has 0 aliphatic heterocycles. The monoisotopic (exact) mass is 157 g/mol. The molecule has 0 radical (unpaired) electrons. The Balaban J connectivity index is 4.23. The molecular formula is C8H15NO2. The van der Waals surface area contributed by atoms with E-state index in [1.165, 1.54) is 6.08 Å². The average Bonchev–Trinajstić information content (AvgIpc) is 1.84. The first-order valence-corrected chi connectivity index (χ1v) is 3.46. The molecule has 64 valence electrons. The van der Waals surface area contributed by atoms with E-state index in [0.29, 0.717) is 0 Å². The first kappa shape index (κ1) is 10.2. The van der Waals surface area contributed by atoms with E-state index in [-0.39, 0.29) is 5.54 Å². The van der Waals surface area contributed by atoms with E-state index in [9.17, 15) is 4.79 Å². The van der Waals surface area contributed by atoms with Gasteiger partial charge in [0.2, 0.25) is 0 Å². The van der Waals surface area contributed by atoms with Gasteiger partial charge in [-0.15, -0.1) is 0 Å². The molecule has 1 N–H and O–H groups in total. The molecular weight excluding hydrogens is 142 g/mol. The third-order valence-electron chi connectivity index (χ3n) is 1.79. The van der Waals surface area contributed by atoms with Crippen LogP contribution in [0, 0.1) is 0 Å². The predicted molar refractivity (Wildman–Crippen MR) is 44.5 cm³/mol. The van der Waals surface area contributed by atoms with Crippen molar-refractivity contribution in [1.82, 2.24) is 4.90 Å². The molecule has 0 atom stereocenters. The second kappa shape index (κ2) is 3.53. The van der Waals surface area contributed by atoms with E-state index in [4.69, 9.17) is 5.11 Å². The highest BCUT2D eigenvalue weighted by molar-refractivity contribution is 5.79. The maximum Gasteiger partial charge on any atom is 0.328 e. The summed E-state index contributed by atoms with van der Waals surface area (Å²) in [7, 11) is 3.82. The molecule has 0 bridgehead atoms. The van der Waals surface area contributed by atoms with Gasteiger partial charge in [-0.05, 0) is 27.9 Å². The lowest BCUT2D eigenvalue weighted by molar-refractivity contribution is -0.131. The molecule has 0 rings (SSSR count). The Kier molecular flexibility index (Phi) is 3.26. The highest BCUT2D eigenvalue weighted by Crippen LogP contribution is 2.10. The number of aliphatic carboxylic acids is 1. The van der Waals surface area contributed by atoms with Crippen LogP contribution >= 0.6 is 0 Å². The van der Waals surface area contributed by atoms with Crippen LogP contribution in [0.3, 0.4) is 0 Å². The lowest BCUT2D eigenvalue weighted by Crippen LogP contribution is -2.35. The average molecular weight is 157 g/mol. The van der Waals surface area contributed by atoms with Crippen molar-refractivity contribution in [2.45, 2.75) is 19.4 Å². The zero-order valence-corrected chi connectivity index (χ0v) is 7.46. The molecule has 0 fully saturated rings. The third-order valence-corrected chi connectivity index (χ3v) is 1.79. The number of nitrogens with zero attached hydrogens (tertiary/aromatic N) is 1. The number of hydrogen-bond donors (Lipinski definition) is 1. The van der Waals surface area contributed by atoms with Gasteiger partial charge in [-0.1, -0.05) is 6.08 Å². The first-order valence-electron chi connectivity index (χ1n) is 3.46. The quantitative estimate of drug-likeness (QED) is 0.620. The fourth-order valence-electron chi connectivity index (χ4n) is 0.424. The first-order chi connectivity index (χ1) is 4.86. The number of carboxylic acid groups (broad SMARTS) is 1. The molecule has 0 unspecified atom stereocenters. The molecule has 3 nitrogen and oxygen atoms in total. The standard InChI is InChI=1S/C8H15NO2/c1-8(2,9(3)4)6-5-7(10)11/h5-6H,1-4H3,(H,10,11). The molecule has 0 heterocycles. The lowest BCUT2D eigenvalue weighted by Gasteiger charge is -2.28. The van der Waals surface area contributed by atoms with Gasteiger partial charge in [-0.3, -0.25) is 0 Å². The van der Waals surface area contributed by atoms with E-state index in [2.05, 4.69) is 0 Å². The van der Waals surface area contributed by atoms with Crippen LogP contribution in [0.1, 0.15) is 13.8 Å². The molecule has 0 aromatic heterocycles. The van der Waals surface area contributed by atoms with Crippen LogP contribution in [-0.2, 0) is 4.79 Å². The van der Waals surface area contributed by atoms with Gasteiger partial charge in [0, 0.05) is 11.6 Å². The second-order valence-corrected chi connectivity index (χ2v) is 3.22. The Labute approximate surface area is 67.3 Å². The minimum atomic E-state index is -0.903. The number of hydrogen-bond acceptors (Lipinski definition) is 2. The fraction of sp³-hybridized carbons (Fsp3) is 0.625. The minimum absolute atomic E-state index is 0.196. The van der Waals surface area contributed by atoms with Crippen LogP contribution in [0.25, 0.3) is 0 Å². The highest BCUT2D eigenvalue weighted by atomic mass is 16.4. The van der Waals surface area contributed by atoms with Crippen LogP contribution in [0.5, 0.6) is 0 Å². The van der Waals surface area contributed by atoms with Gasteiger partial charge in [-0.25, -0.2) is 4.79 Å². The summed E-state index contributed by atoms with van der Waals surface area (Å²) in [6, 6.07) is 0. The third kappa shape index (κ3) is 3.78. The van der Waals surface area contributed by atoms with Crippen LogP contribution < -0.4 is 0 Å². The Hall–Kier alpha value is -0.830. The van der Waals surface area contributed by atoms with Crippen molar-refractivity contribution >= 4 is 5.97 Å². The molecule has 0 saturated heterocycles. The van der Waals surface area contributed by atoms with Crippen molar-refractivity contribution in [3.05, 3.63) is 12.2 Å². The normalized spacial score (nSPS) is 12.8. The maximum atomic E-state index is 10.2. The van der Waals surface area contributed by atoms with Gasteiger partial charge in [0.15, 0.2) is 0 Å². The zero-order chi connectivity index (χ0) is 9.07. The summed E-state index contributed by atoms with van der Waals surface area (Å²) in [5.41, 5.74) is -0.196. The summed E-state index contributed by atoms with van der Waals surface area (Å²) in [5.74, 6) is -0.903. The van der Waals surface area contributed by atoms with Gasteiger partial charge in [0.1, 0.15) is 0 Å². The van der Waals surface area contributed by atoms with Crippen LogP contribution in [0.4, 0.5) is 0 Å². The van der Waals surface area contributed by atoms with E-state index >= 15 is 0 Å². The summed E-state index contributed by atoms with van der Waals surface area (Å²) in [6.07, 6.45) is 2.83. The van der Waals surface area contributed by atoms with Crippen molar-refractivity contribution < 1.29 is 9.90 Å². The van der Waals surface area contributed by atoms with Crippen molar-refractivity contribution in [3.63, 3.8) is 0 Å². The summed E-state index contributed by atoms with van der Waals surface area (Å²) in [6.45, 7) is 3.90. The van der Waals surface area contributed by atoms with Gasteiger partial charge >= 0.3 is 5.97 Å². The lowest BCUT2D eigenvalue weighted by atomic mass is 10.0. The zero-order valence-electron chi connectivity index (χ0n) is 7.46. The van der Waals surface area contributed by atoms with E-state index < -0.39 is 5.97 Å². The number of carboxylic acids is 1. The molecule has 0 spiro atoms. The van der Waals surface area contributed by atoms with Crippen molar-refractivity contribution in [3.8, 4) is 0 Å². The molecule has 11 heavy (non-hydrogen) atoms. The number of carbonyl (C=O) groups is 1. The van der Waals surface area contributed by atoms with Crippen molar-refractivity contribution in [2.24, 2.45) is 0 Å². The summed E-state index contributed by atoms with van der Waals surface area (Å²) < 4.78 is 0. The summed E-state index contributed by atoms with van der Waals surface area (Å²) in [4.78, 5) is 12.1. The molecule has 0 amide bonds. The molecule has 0 aliphatic carbocycles. The van der Waals surface area contributed by atoms with Crippen LogP contribution in [-0.4, -0.2) is 35.6 Å². The summed E-state index contributed by atoms with van der Waals surface area (Å²) >= 11 is 0. The largest absolute Gasteiger partial charge is 0.478 e. The Morgan fingerprint density at radius 3 is 2.18 bits per heavy atom. The molecule has 3 heteroatoms. The van der Waals surface area contributed by atoms with E-state index in [1.807, 2.05) is 32.8 Å². The van der Waals surface area contributed by atoms with Crippen LogP contribution in [0.15, 0.2) is 12.2 Å². The number of rotatable bonds is 3. The van der Waals surface area contributed by atoms with Gasteiger partial charge in [-0.2, -0.15) is 0 Å². The number of likely N-dealkylation sites (N-methyl/N-ethyl adjacent to an activating group) is 1. The Bertz CT molecular complexity index is 171. The Morgan fingerprint density at radius 1 is 1.45 bits per heavy atom. The molecule has 0 aromatic rings. The van der Waals surface area contributed by atoms with Crippen molar-refractivity contribution in [2.75, 3.05) is 14.1 Å². The summed E-state index contributed by atoms with van der Waals surface area (Å²) in [5, 5.41) is 8.35. The predicted octanol–water partition coefficient (Wildman–Crippen LogP) is 0.967. The highest BCUT2D eigenvalue weighted by Gasteiger charge is 2.15. The Morgan fingerprint density at radius 2 is 1.91 bits per heavy atom. The van der Waals surface area contributed by atoms with E-state index in [1.54, 1.807) is 6.08 Å². The van der Waals surface area contributed by atoms with Gasteiger partial charge in [0.25, 0.3) is 0 Å². The maximum absolute atomic E-state index is 10.2. The minimum Gasteiger partial charge on any atom is -0.478 e. The van der Waals surface area contributed by atoms with E-state index in [0.717, 1.165) is 0 Å².